The van der Waals surface area contributed by atoms with Crippen LogP contribution in [0.5, 0.6) is 0 Å². The number of carbonyl (C=O) groups excluding carboxylic acids is 1. The molecule has 150 valence electrons. The molecule has 2 fully saturated rings. The highest BCUT2D eigenvalue weighted by atomic mass is 19.1. The molecule has 6 nitrogen and oxygen atoms in total. The third-order valence-electron chi connectivity index (χ3n) is 5.89. The highest BCUT2D eigenvalue weighted by Crippen LogP contribution is 2.36. The predicted molar refractivity (Wildman–Crippen MR) is 96.6 cm³/mol. The van der Waals surface area contributed by atoms with E-state index in [1.54, 1.807) is 20.8 Å². The molecule has 1 saturated carbocycles. The molecule has 3 atom stereocenters. The topological polar surface area (TPSA) is 81.1 Å². The number of amides is 2. The third kappa shape index (κ3) is 4.67. The van der Waals surface area contributed by atoms with Gasteiger partial charge < -0.3 is 15.1 Å². The van der Waals surface area contributed by atoms with E-state index in [1.165, 1.54) is 9.80 Å². The van der Waals surface area contributed by atoms with Crippen molar-refractivity contribution in [1.82, 2.24) is 9.80 Å². The Morgan fingerprint density at radius 2 is 1.73 bits per heavy atom. The zero-order chi connectivity index (χ0) is 19.6. The molecule has 1 heterocycles. The van der Waals surface area contributed by atoms with Gasteiger partial charge in [-0.1, -0.05) is 6.92 Å². The minimum absolute atomic E-state index is 0.0447. The van der Waals surface area contributed by atoms with Gasteiger partial charge in [0, 0.05) is 12.1 Å². The van der Waals surface area contributed by atoms with Crippen LogP contribution in [0.15, 0.2) is 0 Å². The average molecular weight is 372 g/mol. The lowest BCUT2D eigenvalue weighted by Gasteiger charge is -2.45. The van der Waals surface area contributed by atoms with Gasteiger partial charge in [0.25, 0.3) is 0 Å². The van der Waals surface area contributed by atoms with E-state index in [4.69, 9.17) is 0 Å². The molecule has 0 spiro atoms. The van der Waals surface area contributed by atoms with Gasteiger partial charge in [-0.2, -0.15) is 0 Å². The molecular formula is C19H33FN2O4. The molecule has 0 bridgehead atoms. The standard InChI is InChI=1S/C19H33FN2O4/c1-12(13-5-7-15(23)8-6-13)16(22(18(25)26)19(2,3)4)17(24)21-10-9-14(20)11-21/h12-16,23H,5-11H2,1-4H3,(H,25,26)/t12-,13?,14+,15?,16+/m1/s1. The van der Waals surface area contributed by atoms with Crippen LogP contribution in [-0.4, -0.2) is 69.0 Å². The molecule has 26 heavy (non-hydrogen) atoms. The maximum absolute atomic E-state index is 13.6. The number of nitrogens with zero attached hydrogens (tertiary/aromatic N) is 2. The van der Waals surface area contributed by atoms with Crippen molar-refractivity contribution in [2.75, 3.05) is 13.1 Å². The third-order valence-corrected chi connectivity index (χ3v) is 5.89. The van der Waals surface area contributed by atoms with E-state index >= 15 is 0 Å². The second-order valence-corrected chi connectivity index (χ2v) is 8.87. The average Bonchev–Trinajstić information content (AvgIpc) is 2.97. The van der Waals surface area contributed by atoms with E-state index in [-0.39, 0.29) is 30.4 Å². The van der Waals surface area contributed by atoms with Crippen molar-refractivity contribution in [1.29, 1.82) is 0 Å². The molecule has 1 aliphatic heterocycles. The van der Waals surface area contributed by atoms with E-state index in [2.05, 4.69) is 0 Å². The number of carboxylic acid groups (broad SMARTS) is 1. The van der Waals surface area contributed by atoms with Crippen molar-refractivity contribution >= 4 is 12.0 Å². The molecule has 1 saturated heterocycles. The second kappa shape index (κ2) is 8.11. The summed E-state index contributed by atoms with van der Waals surface area (Å²) in [4.78, 5) is 28.0. The number of alkyl halides is 1. The summed E-state index contributed by atoms with van der Waals surface area (Å²) in [6, 6.07) is -0.835. The number of aliphatic hydroxyl groups excluding tert-OH is 1. The van der Waals surface area contributed by atoms with Crippen LogP contribution in [0.25, 0.3) is 0 Å². The first-order chi connectivity index (χ1) is 12.0. The fraction of sp³-hybridized carbons (Fsp3) is 0.895. The lowest BCUT2D eigenvalue weighted by atomic mass is 9.75. The van der Waals surface area contributed by atoms with Crippen LogP contribution < -0.4 is 0 Å². The number of hydrogen-bond acceptors (Lipinski definition) is 3. The summed E-state index contributed by atoms with van der Waals surface area (Å²) >= 11 is 0. The van der Waals surface area contributed by atoms with Crippen molar-refractivity contribution < 1.29 is 24.2 Å². The maximum atomic E-state index is 13.6. The van der Waals surface area contributed by atoms with Crippen LogP contribution in [0.1, 0.15) is 59.8 Å². The monoisotopic (exact) mass is 372 g/mol. The Morgan fingerprint density at radius 1 is 1.15 bits per heavy atom. The van der Waals surface area contributed by atoms with Crippen LogP contribution in [0, 0.1) is 11.8 Å². The van der Waals surface area contributed by atoms with Gasteiger partial charge in [0.1, 0.15) is 12.2 Å². The summed E-state index contributed by atoms with van der Waals surface area (Å²) in [5.74, 6) is -0.314. The van der Waals surface area contributed by atoms with Gasteiger partial charge in [-0.3, -0.25) is 9.69 Å². The van der Waals surface area contributed by atoms with Crippen molar-refractivity contribution in [2.45, 2.75) is 83.7 Å². The highest BCUT2D eigenvalue weighted by Gasteiger charge is 2.45. The van der Waals surface area contributed by atoms with E-state index in [9.17, 15) is 24.2 Å². The summed E-state index contributed by atoms with van der Waals surface area (Å²) in [7, 11) is 0. The maximum Gasteiger partial charge on any atom is 0.408 e. The van der Waals surface area contributed by atoms with Crippen LogP contribution in [0.4, 0.5) is 9.18 Å². The number of carbonyl (C=O) groups is 2. The number of halogens is 1. The van der Waals surface area contributed by atoms with Gasteiger partial charge in [0.15, 0.2) is 0 Å². The Balaban J connectivity index is 2.30. The predicted octanol–water partition coefficient (Wildman–Crippen LogP) is 2.89. The Kier molecular flexibility index (Phi) is 6.53. The zero-order valence-corrected chi connectivity index (χ0v) is 16.3. The molecular weight excluding hydrogens is 339 g/mol. The molecule has 0 radical (unpaired) electrons. The number of aliphatic hydroxyl groups is 1. The van der Waals surface area contributed by atoms with Crippen LogP contribution in [-0.2, 0) is 4.79 Å². The summed E-state index contributed by atoms with van der Waals surface area (Å²) in [6.07, 6.45) is 0.735. The summed E-state index contributed by atoms with van der Waals surface area (Å²) in [6.45, 7) is 7.64. The molecule has 1 aliphatic carbocycles. The molecule has 0 aromatic heterocycles. The lowest BCUT2D eigenvalue weighted by Crippen LogP contribution is -2.60. The number of likely N-dealkylation sites (tertiary alicyclic amines) is 1. The Labute approximate surface area is 155 Å². The van der Waals surface area contributed by atoms with E-state index in [0.717, 1.165) is 12.8 Å². The zero-order valence-electron chi connectivity index (χ0n) is 16.3. The van der Waals surface area contributed by atoms with Crippen molar-refractivity contribution in [3.8, 4) is 0 Å². The quantitative estimate of drug-likeness (QED) is 0.795. The minimum atomic E-state index is -1.13. The summed E-state index contributed by atoms with van der Waals surface area (Å²) < 4.78 is 13.6. The highest BCUT2D eigenvalue weighted by molar-refractivity contribution is 5.86. The van der Waals surface area contributed by atoms with Crippen LogP contribution in [0.3, 0.4) is 0 Å². The fourth-order valence-corrected chi connectivity index (χ4v) is 4.38. The SMILES string of the molecule is C[C@H](C1CCC(O)CC1)[C@@H](C(=O)N1CC[C@H](F)C1)N(C(=O)O)C(C)(C)C. The van der Waals surface area contributed by atoms with Crippen molar-refractivity contribution in [2.24, 2.45) is 11.8 Å². The lowest BCUT2D eigenvalue weighted by molar-refractivity contribution is -0.140. The largest absolute Gasteiger partial charge is 0.465 e. The smallest absolute Gasteiger partial charge is 0.408 e. The first-order valence-electron chi connectivity index (χ1n) is 9.65. The Morgan fingerprint density at radius 3 is 2.15 bits per heavy atom. The summed E-state index contributed by atoms with van der Waals surface area (Å²) in [5.41, 5.74) is -0.747. The van der Waals surface area contributed by atoms with Gasteiger partial charge in [-0.05, 0) is 64.7 Å². The van der Waals surface area contributed by atoms with Gasteiger partial charge in [-0.25, -0.2) is 9.18 Å². The van der Waals surface area contributed by atoms with Gasteiger partial charge in [0.2, 0.25) is 5.91 Å². The van der Waals surface area contributed by atoms with Crippen LogP contribution >= 0.6 is 0 Å². The second-order valence-electron chi connectivity index (χ2n) is 8.87. The number of rotatable bonds is 4. The molecule has 2 rings (SSSR count). The molecule has 2 N–H and O–H groups in total. The van der Waals surface area contributed by atoms with E-state index in [0.29, 0.717) is 25.8 Å². The summed E-state index contributed by atoms with van der Waals surface area (Å²) in [5, 5.41) is 19.6. The fourth-order valence-electron chi connectivity index (χ4n) is 4.38. The van der Waals surface area contributed by atoms with Gasteiger partial charge in [0.05, 0.1) is 12.6 Å². The molecule has 2 aliphatic rings. The van der Waals surface area contributed by atoms with Crippen molar-refractivity contribution in [3.63, 3.8) is 0 Å². The normalized spacial score (nSPS) is 29.3. The van der Waals surface area contributed by atoms with E-state index < -0.39 is 23.8 Å². The molecule has 0 aromatic carbocycles. The van der Waals surface area contributed by atoms with Crippen molar-refractivity contribution in [3.05, 3.63) is 0 Å². The molecule has 7 heteroatoms. The Bertz CT molecular complexity index is 514. The van der Waals surface area contributed by atoms with Crippen LogP contribution in [0.2, 0.25) is 0 Å². The molecule has 0 aromatic rings. The Hall–Kier alpha value is -1.37. The molecule has 2 amide bonds. The van der Waals surface area contributed by atoms with Gasteiger partial charge >= 0.3 is 6.09 Å². The first kappa shape index (κ1) is 20.9. The minimum Gasteiger partial charge on any atom is -0.465 e. The van der Waals surface area contributed by atoms with Gasteiger partial charge in [-0.15, -0.1) is 0 Å². The molecule has 0 unspecified atom stereocenters. The van der Waals surface area contributed by atoms with E-state index in [1.807, 2.05) is 6.92 Å². The first-order valence-corrected chi connectivity index (χ1v) is 9.65. The number of hydrogen-bond donors (Lipinski definition) is 2.